The average molecular weight is 266 g/mol. The second-order valence-electron chi connectivity index (χ2n) is 5.53. The van der Waals surface area contributed by atoms with Gasteiger partial charge in [-0.3, -0.25) is 0 Å². The summed E-state index contributed by atoms with van der Waals surface area (Å²) in [6, 6.07) is 4.35. The van der Waals surface area contributed by atoms with Gasteiger partial charge in [0.2, 0.25) is 0 Å². The first-order valence-electron chi connectivity index (χ1n) is 7.24. The fraction of sp³-hybridized carbons (Fsp3) is 0.625. The Kier molecular flexibility index (Phi) is 4.81. The van der Waals surface area contributed by atoms with Crippen molar-refractivity contribution in [2.75, 3.05) is 0 Å². The minimum Gasteiger partial charge on any atom is -0.490 e. The van der Waals surface area contributed by atoms with Crippen LogP contribution in [0.4, 0.5) is 4.39 Å². The Labute approximate surface area is 114 Å². The number of aliphatic hydroxyl groups excluding tert-OH is 1. The topological polar surface area (TPSA) is 29.5 Å². The van der Waals surface area contributed by atoms with Gasteiger partial charge in [-0.15, -0.1) is 0 Å². The quantitative estimate of drug-likeness (QED) is 0.883. The monoisotopic (exact) mass is 266 g/mol. The molecule has 3 heteroatoms. The van der Waals surface area contributed by atoms with Crippen LogP contribution in [0, 0.1) is 11.7 Å². The zero-order chi connectivity index (χ0) is 13.8. The van der Waals surface area contributed by atoms with E-state index in [1.54, 1.807) is 13.0 Å². The van der Waals surface area contributed by atoms with Crippen molar-refractivity contribution in [2.24, 2.45) is 5.92 Å². The van der Waals surface area contributed by atoms with Gasteiger partial charge in [0.15, 0.2) is 0 Å². The molecular weight excluding hydrogens is 243 g/mol. The molecule has 106 valence electrons. The van der Waals surface area contributed by atoms with Crippen molar-refractivity contribution in [3.05, 3.63) is 29.6 Å². The lowest BCUT2D eigenvalue weighted by Crippen LogP contribution is -2.24. The van der Waals surface area contributed by atoms with Crippen LogP contribution in [-0.2, 0) is 0 Å². The molecule has 2 rings (SSSR count). The van der Waals surface area contributed by atoms with Crippen LogP contribution in [0.15, 0.2) is 18.2 Å². The standard InChI is InChI=1S/C16H23FO2/c1-3-12-4-7-14(8-5-12)19-16-10-13(17)6-9-15(16)11(2)18/h6,9-12,14,18H,3-5,7-8H2,1-2H3/t11-,12?,14?/m0/s1. The van der Waals surface area contributed by atoms with Gasteiger partial charge < -0.3 is 9.84 Å². The Balaban J connectivity index is 2.04. The summed E-state index contributed by atoms with van der Waals surface area (Å²) in [6.07, 6.45) is 5.15. The molecule has 1 aliphatic rings. The highest BCUT2D eigenvalue weighted by Crippen LogP contribution is 2.32. The highest BCUT2D eigenvalue weighted by Gasteiger charge is 2.22. The van der Waals surface area contributed by atoms with E-state index in [1.807, 2.05) is 0 Å². The molecule has 1 aromatic carbocycles. The van der Waals surface area contributed by atoms with E-state index in [2.05, 4.69) is 6.92 Å². The van der Waals surface area contributed by atoms with E-state index in [1.165, 1.54) is 31.4 Å². The third-order valence-electron chi connectivity index (χ3n) is 4.09. The highest BCUT2D eigenvalue weighted by atomic mass is 19.1. The Bertz CT molecular complexity index is 409. The molecule has 0 heterocycles. The molecule has 0 spiro atoms. The minimum absolute atomic E-state index is 0.155. The molecule has 0 bridgehead atoms. The summed E-state index contributed by atoms with van der Waals surface area (Å²) < 4.78 is 19.2. The van der Waals surface area contributed by atoms with Crippen molar-refractivity contribution in [2.45, 2.75) is 58.2 Å². The molecule has 2 nitrogen and oxygen atoms in total. The first kappa shape index (κ1) is 14.3. The number of hydrogen-bond donors (Lipinski definition) is 1. The number of hydrogen-bond acceptors (Lipinski definition) is 2. The van der Waals surface area contributed by atoms with Gasteiger partial charge in [0.25, 0.3) is 0 Å². The van der Waals surface area contributed by atoms with Gasteiger partial charge >= 0.3 is 0 Å². The lowest BCUT2D eigenvalue weighted by molar-refractivity contribution is 0.121. The van der Waals surface area contributed by atoms with E-state index in [9.17, 15) is 9.50 Å². The maximum atomic E-state index is 13.3. The van der Waals surface area contributed by atoms with Crippen LogP contribution in [0.3, 0.4) is 0 Å². The summed E-state index contributed by atoms with van der Waals surface area (Å²) in [6.45, 7) is 3.90. The SMILES string of the molecule is CCC1CCC(Oc2cc(F)ccc2[C@H](C)O)CC1. The normalized spacial score (nSPS) is 25.1. The van der Waals surface area contributed by atoms with Crippen LogP contribution in [0.2, 0.25) is 0 Å². The maximum absolute atomic E-state index is 13.3. The van der Waals surface area contributed by atoms with Gasteiger partial charge in [0.05, 0.1) is 12.2 Å². The lowest BCUT2D eigenvalue weighted by Gasteiger charge is -2.29. The summed E-state index contributed by atoms with van der Waals surface area (Å²) in [5, 5.41) is 9.70. The molecule has 1 aliphatic carbocycles. The van der Waals surface area contributed by atoms with Gasteiger partial charge in [-0.1, -0.05) is 13.3 Å². The number of benzene rings is 1. The molecule has 19 heavy (non-hydrogen) atoms. The first-order valence-corrected chi connectivity index (χ1v) is 7.24. The van der Waals surface area contributed by atoms with Crippen molar-refractivity contribution in [1.82, 2.24) is 0 Å². The van der Waals surface area contributed by atoms with E-state index in [0.29, 0.717) is 11.3 Å². The van der Waals surface area contributed by atoms with Crippen LogP contribution >= 0.6 is 0 Å². The molecule has 0 saturated heterocycles. The van der Waals surface area contributed by atoms with Crippen LogP contribution in [0.1, 0.15) is 57.6 Å². The zero-order valence-electron chi connectivity index (χ0n) is 11.7. The fourth-order valence-corrected chi connectivity index (χ4v) is 2.79. The fourth-order valence-electron chi connectivity index (χ4n) is 2.79. The third-order valence-corrected chi connectivity index (χ3v) is 4.09. The van der Waals surface area contributed by atoms with E-state index < -0.39 is 6.10 Å². The molecule has 0 aliphatic heterocycles. The largest absolute Gasteiger partial charge is 0.490 e. The van der Waals surface area contributed by atoms with Crippen molar-refractivity contribution in [3.63, 3.8) is 0 Å². The van der Waals surface area contributed by atoms with Crippen molar-refractivity contribution in [3.8, 4) is 5.75 Å². The molecule has 1 saturated carbocycles. The predicted octanol–water partition coefficient (Wildman–Crippen LogP) is 4.23. The predicted molar refractivity (Wildman–Crippen MR) is 73.7 cm³/mol. The van der Waals surface area contributed by atoms with Crippen LogP contribution < -0.4 is 4.74 Å². The van der Waals surface area contributed by atoms with Gasteiger partial charge in [0, 0.05) is 11.6 Å². The molecule has 0 radical (unpaired) electrons. The van der Waals surface area contributed by atoms with E-state index >= 15 is 0 Å². The van der Waals surface area contributed by atoms with Gasteiger partial charge in [-0.25, -0.2) is 4.39 Å². The second-order valence-corrected chi connectivity index (χ2v) is 5.53. The smallest absolute Gasteiger partial charge is 0.128 e. The average Bonchev–Trinajstić information content (AvgIpc) is 2.39. The molecule has 1 N–H and O–H groups in total. The summed E-state index contributed by atoms with van der Waals surface area (Å²) in [5.41, 5.74) is 0.666. The van der Waals surface area contributed by atoms with E-state index in [0.717, 1.165) is 18.8 Å². The van der Waals surface area contributed by atoms with Gasteiger partial charge in [-0.05, 0) is 50.7 Å². The maximum Gasteiger partial charge on any atom is 0.128 e. The van der Waals surface area contributed by atoms with Crippen LogP contribution in [-0.4, -0.2) is 11.2 Å². The Morgan fingerprint density at radius 3 is 2.58 bits per heavy atom. The Morgan fingerprint density at radius 2 is 2.00 bits per heavy atom. The zero-order valence-corrected chi connectivity index (χ0v) is 11.7. The summed E-state index contributed by atoms with van der Waals surface area (Å²) >= 11 is 0. The molecule has 1 aromatic rings. The first-order chi connectivity index (χ1) is 9.10. The van der Waals surface area contributed by atoms with Crippen molar-refractivity contribution < 1.29 is 14.2 Å². The number of aliphatic hydroxyl groups is 1. The van der Waals surface area contributed by atoms with Crippen molar-refractivity contribution in [1.29, 1.82) is 0 Å². The van der Waals surface area contributed by atoms with Crippen molar-refractivity contribution >= 4 is 0 Å². The second kappa shape index (κ2) is 6.38. The molecule has 0 aromatic heterocycles. The number of ether oxygens (including phenoxy) is 1. The number of rotatable bonds is 4. The molecular formula is C16H23FO2. The van der Waals surface area contributed by atoms with Crippen LogP contribution in [0.5, 0.6) is 5.75 Å². The Hall–Kier alpha value is -1.09. The third kappa shape index (κ3) is 3.69. The van der Waals surface area contributed by atoms with E-state index in [4.69, 9.17) is 4.74 Å². The lowest BCUT2D eigenvalue weighted by atomic mass is 9.86. The summed E-state index contributed by atoms with van der Waals surface area (Å²) in [4.78, 5) is 0. The molecule has 1 fully saturated rings. The molecule has 0 unspecified atom stereocenters. The summed E-state index contributed by atoms with van der Waals surface area (Å²) in [5.74, 6) is 0.986. The molecule has 0 amide bonds. The summed E-state index contributed by atoms with van der Waals surface area (Å²) in [7, 11) is 0. The molecule has 1 atom stereocenters. The van der Waals surface area contributed by atoms with Crippen LogP contribution in [0.25, 0.3) is 0 Å². The van der Waals surface area contributed by atoms with Gasteiger partial charge in [-0.2, -0.15) is 0 Å². The Morgan fingerprint density at radius 1 is 1.32 bits per heavy atom. The number of halogens is 1. The van der Waals surface area contributed by atoms with Gasteiger partial charge in [0.1, 0.15) is 11.6 Å². The minimum atomic E-state index is -0.636. The highest BCUT2D eigenvalue weighted by molar-refractivity contribution is 5.35. The van der Waals surface area contributed by atoms with E-state index in [-0.39, 0.29) is 11.9 Å².